The highest BCUT2D eigenvalue weighted by atomic mass is 16.5. The van der Waals surface area contributed by atoms with E-state index in [-0.39, 0.29) is 0 Å². The largest absolute Gasteiger partial charge is 0.382 e. The van der Waals surface area contributed by atoms with Gasteiger partial charge in [-0.05, 0) is 19.8 Å². The molecule has 0 spiro atoms. The van der Waals surface area contributed by atoms with Crippen molar-refractivity contribution in [2.45, 2.75) is 25.4 Å². The molecule has 1 saturated carbocycles. The van der Waals surface area contributed by atoms with E-state index in [9.17, 15) is 5.11 Å². The third kappa shape index (κ3) is 0.743. The second kappa shape index (κ2) is 1.61. The van der Waals surface area contributed by atoms with Crippen LogP contribution in [0.2, 0.25) is 0 Å². The number of nitrogens with zero attached hydrogens (tertiary/aromatic N) is 1. The lowest BCUT2D eigenvalue weighted by Crippen LogP contribution is -2.01. The molecule has 0 amide bonds. The van der Waals surface area contributed by atoms with Crippen LogP contribution in [0, 0.1) is 6.92 Å². The van der Waals surface area contributed by atoms with Gasteiger partial charge in [0, 0.05) is 6.07 Å². The Bertz CT molecular complexity index is 250. The minimum absolute atomic E-state index is 0.616. The summed E-state index contributed by atoms with van der Waals surface area (Å²) in [7, 11) is 0. The third-order valence-electron chi connectivity index (χ3n) is 1.81. The van der Waals surface area contributed by atoms with E-state index in [0.717, 1.165) is 18.5 Å². The van der Waals surface area contributed by atoms with E-state index >= 15 is 0 Å². The fourth-order valence-corrected chi connectivity index (χ4v) is 0.948. The van der Waals surface area contributed by atoms with Gasteiger partial charge in [0.1, 0.15) is 5.60 Å². The van der Waals surface area contributed by atoms with Crippen LogP contribution in [-0.4, -0.2) is 10.3 Å². The topological polar surface area (TPSA) is 46.3 Å². The van der Waals surface area contributed by atoms with Crippen LogP contribution in [0.5, 0.6) is 0 Å². The summed E-state index contributed by atoms with van der Waals surface area (Å²) >= 11 is 0. The minimum atomic E-state index is -0.665. The molecule has 3 heteroatoms. The summed E-state index contributed by atoms with van der Waals surface area (Å²) in [6, 6.07) is 1.78. The van der Waals surface area contributed by atoms with Crippen LogP contribution >= 0.6 is 0 Å². The Morgan fingerprint density at radius 3 is 2.80 bits per heavy atom. The van der Waals surface area contributed by atoms with Crippen LogP contribution in [0.25, 0.3) is 0 Å². The molecule has 1 fully saturated rings. The maximum absolute atomic E-state index is 9.48. The second-order valence-corrected chi connectivity index (χ2v) is 2.86. The lowest BCUT2D eigenvalue weighted by atomic mass is 10.2. The maximum atomic E-state index is 9.48. The zero-order valence-corrected chi connectivity index (χ0v) is 5.79. The SMILES string of the molecule is Cc1cc(C2(O)CC2)on1. The molecule has 1 aromatic heterocycles. The van der Waals surface area contributed by atoms with Crippen molar-refractivity contribution in [1.29, 1.82) is 0 Å². The highest BCUT2D eigenvalue weighted by Crippen LogP contribution is 2.45. The van der Waals surface area contributed by atoms with Crippen molar-refractivity contribution in [3.63, 3.8) is 0 Å². The first-order chi connectivity index (χ1) is 4.71. The summed E-state index contributed by atoms with van der Waals surface area (Å²) in [6.07, 6.45) is 1.61. The molecule has 1 heterocycles. The first-order valence-electron chi connectivity index (χ1n) is 3.37. The molecule has 2 rings (SSSR count). The van der Waals surface area contributed by atoms with E-state index in [0.29, 0.717) is 5.76 Å². The van der Waals surface area contributed by atoms with Crippen molar-refractivity contribution in [2.24, 2.45) is 0 Å². The number of hydrogen-bond acceptors (Lipinski definition) is 3. The summed E-state index contributed by atoms with van der Waals surface area (Å²) in [5.74, 6) is 0.616. The van der Waals surface area contributed by atoms with Crippen molar-refractivity contribution in [1.82, 2.24) is 5.16 Å². The van der Waals surface area contributed by atoms with Crippen molar-refractivity contribution in [2.75, 3.05) is 0 Å². The zero-order chi connectivity index (χ0) is 7.19. The molecule has 0 aromatic carbocycles. The van der Waals surface area contributed by atoms with Gasteiger partial charge in [-0.2, -0.15) is 0 Å². The molecule has 0 radical (unpaired) electrons. The Hall–Kier alpha value is -0.830. The molecule has 1 N–H and O–H groups in total. The molecule has 0 unspecified atom stereocenters. The predicted molar refractivity (Wildman–Crippen MR) is 34.4 cm³/mol. The van der Waals surface area contributed by atoms with Gasteiger partial charge < -0.3 is 9.63 Å². The quantitative estimate of drug-likeness (QED) is 0.630. The highest BCUT2D eigenvalue weighted by molar-refractivity contribution is 5.17. The molecule has 1 aromatic rings. The molecule has 1 aliphatic carbocycles. The van der Waals surface area contributed by atoms with E-state index in [4.69, 9.17) is 4.52 Å². The van der Waals surface area contributed by atoms with Crippen LogP contribution in [0.4, 0.5) is 0 Å². The number of aliphatic hydroxyl groups is 1. The molecule has 54 valence electrons. The average Bonchev–Trinajstić information content (AvgIpc) is 2.45. The van der Waals surface area contributed by atoms with Gasteiger partial charge in [0.25, 0.3) is 0 Å². The van der Waals surface area contributed by atoms with Crippen molar-refractivity contribution >= 4 is 0 Å². The Kier molecular flexibility index (Phi) is 0.951. The number of aromatic nitrogens is 1. The average molecular weight is 139 g/mol. The normalized spacial score (nSPS) is 21.0. The summed E-state index contributed by atoms with van der Waals surface area (Å²) in [5.41, 5.74) is 0.164. The monoisotopic (exact) mass is 139 g/mol. The summed E-state index contributed by atoms with van der Waals surface area (Å²) < 4.78 is 4.89. The van der Waals surface area contributed by atoms with E-state index < -0.39 is 5.60 Å². The Morgan fingerprint density at radius 1 is 1.70 bits per heavy atom. The standard InChI is InChI=1S/C7H9NO2/c1-5-4-6(10-8-5)7(9)2-3-7/h4,9H,2-3H2,1H3. The van der Waals surface area contributed by atoms with E-state index in [1.54, 1.807) is 6.07 Å². The molecule has 0 bridgehead atoms. The summed E-state index contributed by atoms with van der Waals surface area (Å²) in [6.45, 7) is 1.85. The van der Waals surface area contributed by atoms with Crippen LogP contribution in [-0.2, 0) is 5.60 Å². The minimum Gasteiger partial charge on any atom is -0.382 e. The first-order valence-corrected chi connectivity index (χ1v) is 3.37. The Morgan fingerprint density at radius 2 is 2.40 bits per heavy atom. The highest BCUT2D eigenvalue weighted by Gasteiger charge is 2.45. The fourth-order valence-electron chi connectivity index (χ4n) is 0.948. The molecular formula is C7H9NO2. The van der Waals surface area contributed by atoms with Gasteiger partial charge in [-0.15, -0.1) is 0 Å². The maximum Gasteiger partial charge on any atom is 0.168 e. The van der Waals surface area contributed by atoms with Gasteiger partial charge in [-0.3, -0.25) is 0 Å². The van der Waals surface area contributed by atoms with Crippen LogP contribution in [0.15, 0.2) is 10.6 Å². The summed E-state index contributed by atoms with van der Waals surface area (Å²) in [5, 5.41) is 13.2. The van der Waals surface area contributed by atoms with Crippen molar-refractivity contribution in [3.8, 4) is 0 Å². The molecule has 10 heavy (non-hydrogen) atoms. The zero-order valence-electron chi connectivity index (χ0n) is 5.79. The van der Waals surface area contributed by atoms with Gasteiger partial charge in [-0.25, -0.2) is 0 Å². The predicted octanol–water partition coefficient (Wildman–Crippen LogP) is 0.964. The molecule has 1 aliphatic rings. The summed E-state index contributed by atoms with van der Waals surface area (Å²) in [4.78, 5) is 0. The van der Waals surface area contributed by atoms with Crippen LogP contribution in [0.3, 0.4) is 0 Å². The van der Waals surface area contributed by atoms with Gasteiger partial charge >= 0.3 is 0 Å². The smallest absolute Gasteiger partial charge is 0.168 e. The molecular weight excluding hydrogens is 130 g/mol. The van der Waals surface area contributed by atoms with Crippen molar-refractivity contribution in [3.05, 3.63) is 17.5 Å². The lowest BCUT2D eigenvalue weighted by molar-refractivity contribution is 0.114. The third-order valence-corrected chi connectivity index (χ3v) is 1.81. The number of hydrogen-bond donors (Lipinski definition) is 1. The van der Waals surface area contributed by atoms with Gasteiger partial charge in [0.15, 0.2) is 5.76 Å². The number of aryl methyl sites for hydroxylation is 1. The van der Waals surface area contributed by atoms with Gasteiger partial charge in [0.2, 0.25) is 0 Å². The lowest BCUT2D eigenvalue weighted by Gasteiger charge is -1.97. The van der Waals surface area contributed by atoms with Gasteiger partial charge in [-0.1, -0.05) is 5.16 Å². The van der Waals surface area contributed by atoms with Crippen molar-refractivity contribution < 1.29 is 9.63 Å². The van der Waals surface area contributed by atoms with Crippen LogP contribution in [0.1, 0.15) is 24.3 Å². The molecule has 0 atom stereocenters. The van der Waals surface area contributed by atoms with E-state index in [1.807, 2.05) is 6.92 Å². The molecule has 3 nitrogen and oxygen atoms in total. The number of rotatable bonds is 1. The van der Waals surface area contributed by atoms with E-state index in [2.05, 4.69) is 5.16 Å². The second-order valence-electron chi connectivity index (χ2n) is 2.86. The van der Waals surface area contributed by atoms with Gasteiger partial charge in [0.05, 0.1) is 5.69 Å². The molecule has 0 saturated heterocycles. The Labute approximate surface area is 58.6 Å². The van der Waals surface area contributed by atoms with Crippen LogP contribution < -0.4 is 0 Å². The molecule has 0 aliphatic heterocycles. The van der Waals surface area contributed by atoms with E-state index in [1.165, 1.54) is 0 Å². The fraction of sp³-hybridized carbons (Fsp3) is 0.571. The first kappa shape index (κ1) is 5.92. The Balaban J connectivity index is 2.34.